The van der Waals surface area contributed by atoms with Gasteiger partial charge in [0.15, 0.2) is 0 Å². The fraction of sp³-hybridized carbons (Fsp3) is 0.286. The van der Waals surface area contributed by atoms with Crippen LogP contribution in [-0.4, -0.2) is 43.1 Å². The molecular weight excluding hydrogens is 550 g/mol. The second kappa shape index (κ2) is 11.9. The van der Waals surface area contributed by atoms with Crippen LogP contribution in [0.5, 0.6) is 0 Å². The number of piperidine rings is 1. The Labute approximate surface area is 257 Å². The first-order valence-electron chi connectivity index (χ1n) is 15.0. The van der Waals surface area contributed by atoms with Crippen molar-refractivity contribution in [1.29, 1.82) is 0 Å². The van der Waals surface area contributed by atoms with Crippen LogP contribution in [0, 0.1) is 6.92 Å². The van der Waals surface area contributed by atoms with E-state index in [0.29, 0.717) is 31.0 Å². The number of nitrogens with one attached hydrogen (secondary N) is 2. The highest BCUT2D eigenvalue weighted by Crippen LogP contribution is 2.39. The Morgan fingerprint density at radius 3 is 2.52 bits per heavy atom. The lowest BCUT2D eigenvalue weighted by Crippen LogP contribution is -2.37. The number of hydrogen-bond donors (Lipinski definition) is 2. The number of hydrogen-bond acceptors (Lipinski definition) is 5. The van der Waals surface area contributed by atoms with Gasteiger partial charge in [0.05, 0.1) is 17.6 Å². The maximum absolute atomic E-state index is 13.6. The van der Waals surface area contributed by atoms with Crippen LogP contribution in [0.4, 0.5) is 16.3 Å². The number of anilines is 2. The van der Waals surface area contributed by atoms with Gasteiger partial charge in [-0.05, 0) is 71.5 Å². The summed E-state index contributed by atoms with van der Waals surface area (Å²) in [6.07, 6.45) is 6.42. The SMILES string of the molecule is Cc1ccc(-n2nc(C(C)(C)C)cc2NC(=O)Nc2ccc3ccccc3c2C2CCN(Cc3ccncc3)C(=O)C2)cn1. The molecule has 1 fully saturated rings. The van der Waals surface area contributed by atoms with Crippen LogP contribution in [0.1, 0.15) is 62.0 Å². The predicted octanol–water partition coefficient (Wildman–Crippen LogP) is 6.97. The van der Waals surface area contributed by atoms with Crippen molar-refractivity contribution >= 4 is 34.2 Å². The number of urea groups is 1. The van der Waals surface area contributed by atoms with Crippen LogP contribution < -0.4 is 10.6 Å². The highest BCUT2D eigenvalue weighted by atomic mass is 16.2. The monoisotopic (exact) mass is 587 g/mol. The molecule has 1 atom stereocenters. The molecule has 0 saturated carbocycles. The van der Waals surface area contributed by atoms with Crippen molar-refractivity contribution in [3.05, 3.63) is 108 Å². The molecule has 2 aromatic carbocycles. The number of aromatic nitrogens is 4. The van der Waals surface area contributed by atoms with Crippen molar-refractivity contribution in [1.82, 2.24) is 24.6 Å². The topological polar surface area (TPSA) is 105 Å². The van der Waals surface area contributed by atoms with E-state index >= 15 is 0 Å². The minimum atomic E-state index is -0.385. The molecule has 4 heterocycles. The molecule has 1 saturated heterocycles. The van der Waals surface area contributed by atoms with Gasteiger partial charge in [0.1, 0.15) is 5.82 Å². The molecule has 0 aliphatic carbocycles. The van der Waals surface area contributed by atoms with Gasteiger partial charge < -0.3 is 10.2 Å². The molecule has 0 bridgehead atoms. The largest absolute Gasteiger partial charge is 0.338 e. The fourth-order valence-electron chi connectivity index (χ4n) is 5.73. The summed E-state index contributed by atoms with van der Waals surface area (Å²) in [4.78, 5) is 37.4. The first-order valence-corrected chi connectivity index (χ1v) is 15.0. The Kier molecular flexibility index (Phi) is 7.86. The molecule has 44 heavy (non-hydrogen) atoms. The first kappa shape index (κ1) is 29.0. The molecule has 1 aliphatic heterocycles. The fourth-order valence-corrected chi connectivity index (χ4v) is 5.73. The van der Waals surface area contributed by atoms with Crippen LogP contribution in [0.2, 0.25) is 0 Å². The van der Waals surface area contributed by atoms with Crippen molar-refractivity contribution in [3.8, 4) is 5.69 Å². The van der Waals surface area contributed by atoms with Gasteiger partial charge >= 0.3 is 6.03 Å². The molecule has 5 aromatic rings. The number of aryl methyl sites for hydroxylation is 1. The summed E-state index contributed by atoms with van der Waals surface area (Å²) in [7, 11) is 0. The zero-order chi connectivity index (χ0) is 30.8. The number of rotatable bonds is 6. The third kappa shape index (κ3) is 6.17. The maximum Gasteiger partial charge on any atom is 0.324 e. The zero-order valence-corrected chi connectivity index (χ0v) is 25.5. The number of likely N-dealkylation sites (tertiary alicyclic amines) is 1. The minimum absolute atomic E-state index is 0.0331. The smallest absolute Gasteiger partial charge is 0.324 e. The molecule has 6 rings (SSSR count). The number of carbonyl (C=O) groups excluding carboxylic acids is 2. The van der Waals surface area contributed by atoms with Crippen molar-refractivity contribution in [2.45, 2.75) is 58.4 Å². The molecule has 9 nitrogen and oxygen atoms in total. The average molecular weight is 588 g/mol. The molecule has 3 amide bonds. The van der Waals surface area contributed by atoms with Crippen molar-refractivity contribution in [2.24, 2.45) is 0 Å². The van der Waals surface area contributed by atoms with Gasteiger partial charge in [0, 0.05) is 54.8 Å². The molecule has 3 aromatic heterocycles. The van der Waals surface area contributed by atoms with E-state index in [1.54, 1.807) is 23.3 Å². The number of carbonyl (C=O) groups is 2. The van der Waals surface area contributed by atoms with E-state index in [1.165, 1.54) is 0 Å². The lowest BCUT2D eigenvalue weighted by atomic mass is 9.84. The van der Waals surface area contributed by atoms with Gasteiger partial charge in [-0.15, -0.1) is 0 Å². The summed E-state index contributed by atoms with van der Waals surface area (Å²) in [5.41, 5.74) is 5.02. The van der Waals surface area contributed by atoms with Crippen molar-refractivity contribution in [2.75, 3.05) is 17.2 Å². The molecule has 9 heteroatoms. The molecule has 224 valence electrons. The number of pyridine rings is 2. The standard InChI is InChI=1S/C35H37N7O2/c1-23-9-11-27(21-37-23)42-31(20-30(40-42)35(2,3)4)39-34(44)38-29-12-10-25-7-5-6-8-28(25)33(29)26-15-18-41(32(43)19-26)22-24-13-16-36-17-14-24/h5-14,16-17,20-21,26H,15,18-19,22H2,1-4H3,(H2,38,39,44). The van der Waals surface area contributed by atoms with E-state index in [4.69, 9.17) is 5.10 Å². The first-order chi connectivity index (χ1) is 21.2. The molecular formula is C35H37N7O2. The number of fused-ring (bicyclic) bond motifs is 1. The Morgan fingerprint density at radius 1 is 1.00 bits per heavy atom. The van der Waals surface area contributed by atoms with E-state index in [9.17, 15) is 9.59 Å². The van der Waals surface area contributed by atoms with Gasteiger partial charge in [-0.3, -0.25) is 20.1 Å². The number of nitrogens with zero attached hydrogens (tertiary/aromatic N) is 5. The summed E-state index contributed by atoms with van der Waals surface area (Å²) >= 11 is 0. The Morgan fingerprint density at radius 2 is 1.80 bits per heavy atom. The molecule has 0 spiro atoms. The van der Waals surface area contributed by atoms with E-state index in [-0.39, 0.29) is 23.3 Å². The molecule has 2 N–H and O–H groups in total. The number of amides is 3. The highest BCUT2D eigenvalue weighted by Gasteiger charge is 2.30. The Bertz CT molecular complexity index is 1810. The van der Waals surface area contributed by atoms with E-state index in [2.05, 4.69) is 53.5 Å². The van der Waals surface area contributed by atoms with E-state index in [1.807, 2.05) is 66.4 Å². The van der Waals surface area contributed by atoms with Crippen LogP contribution in [0.3, 0.4) is 0 Å². The molecule has 1 unspecified atom stereocenters. The molecule has 1 aliphatic rings. The van der Waals surface area contributed by atoms with Crippen LogP contribution >= 0.6 is 0 Å². The predicted molar refractivity (Wildman–Crippen MR) is 173 cm³/mol. The van der Waals surface area contributed by atoms with E-state index < -0.39 is 0 Å². The second-order valence-corrected chi connectivity index (χ2v) is 12.4. The van der Waals surface area contributed by atoms with Crippen LogP contribution in [-0.2, 0) is 16.8 Å². The van der Waals surface area contributed by atoms with Crippen molar-refractivity contribution in [3.63, 3.8) is 0 Å². The third-order valence-corrected chi connectivity index (χ3v) is 8.13. The summed E-state index contributed by atoms with van der Waals surface area (Å²) in [5.74, 6) is 0.612. The quantitative estimate of drug-likeness (QED) is 0.223. The van der Waals surface area contributed by atoms with Crippen LogP contribution in [0.15, 0.2) is 85.3 Å². The van der Waals surface area contributed by atoms with Gasteiger partial charge in [-0.25, -0.2) is 9.48 Å². The normalized spacial score (nSPS) is 15.4. The Hall–Kier alpha value is -5.05. The molecule has 0 radical (unpaired) electrons. The number of benzene rings is 2. The summed E-state index contributed by atoms with van der Waals surface area (Å²) in [6, 6.07) is 21.3. The summed E-state index contributed by atoms with van der Waals surface area (Å²) < 4.78 is 1.71. The average Bonchev–Trinajstić information content (AvgIpc) is 3.43. The van der Waals surface area contributed by atoms with E-state index in [0.717, 1.165) is 45.4 Å². The van der Waals surface area contributed by atoms with Gasteiger partial charge in [0.2, 0.25) is 5.91 Å². The minimum Gasteiger partial charge on any atom is -0.338 e. The van der Waals surface area contributed by atoms with Gasteiger partial charge in [-0.1, -0.05) is 51.1 Å². The maximum atomic E-state index is 13.6. The zero-order valence-electron chi connectivity index (χ0n) is 25.5. The highest BCUT2D eigenvalue weighted by molar-refractivity contribution is 6.03. The van der Waals surface area contributed by atoms with Gasteiger partial charge in [0.25, 0.3) is 0 Å². The summed E-state index contributed by atoms with van der Waals surface area (Å²) in [5, 5.41) is 13.1. The second-order valence-electron chi connectivity index (χ2n) is 12.4. The van der Waals surface area contributed by atoms with Crippen LogP contribution in [0.25, 0.3) is 16.5 Å². The van der Waals surface area contributed by atoms with Gasteiger partial charge in [-0.2, -0.15) is 5.10 Å². The summed E-state index contributed by atoms with van der Waals surface area (Å²) in [6.45, 7) is 9.39. The Balaban J connectivity index is 1.27. The van der Waals surface area contributed by atoms with Crippen molar-refractivity contribution < 1.29 is 9.59 Å². The lowest BCUT2D eigenvalue weighted by Gasteiger charge is -2.33. The third-order valence-electron chi connectivity index (χ3n) is 8.13. The lowest BCUT2D eigenvalue weighted by molar-refractivity contribution is -0.134.